The molecule has 0 fully saturated rings. The third kappa shape index (κ3) is 3.41. The van der Waals surface area contributed by atoms with Gasteiger partial charge < -0.3 is 0 Å². The second-order valence-corrected chi connectivity index (χ2v) is 9.95. The van der Waals surface area contributed by atoms with E-state index >= 15 is 0 Å². The molecule has 2 aliphatic rings. The van der Waals surface area contributed by atoms with Crippen molar-refractivity contribution in [2.24, 2.45) is 0 Å². The number of aryl methyl sites for hydroxylation is 5. The van der Waals surface area contributed by atoms with Gasteiger partial charge in [-0.1, -0.05) is 91.9 Å². The first kappa shape index (κ1) is 19.6. The van der Waals surface area contributed by atoms with E-state index in [2.05, 4.69) is 75.4 Å². The van der Waals surface area contributed by atoms with E-state index in [0.717, 1.165) is 0 Å². The lowest BCUT2D eigenvalue weighted by molar-refractivity contribution is 0.483. The zero-order chi connectivity index (χ0) is 20.7. The molecule has 0 N–H and O–H groups in total. The van der Waals surface area contributed by atoms with Gasteiger partial charge in [0.2, 0.25) is 0 Å². The molecule has 0 saturated carbocycles. The summed E-state index contributed by atoms with van der Waals surface area (Å²) in [5.41, 5.74) is 13.6. The van der Waals surface area contributed by atoms with Gasteiger partial charge in [0.05, 0.1) is 0 Å². The van der Waals surface area contributed by atoms with E-state index in [9.17, 15) is 0 Å². The Bertz CT molecular complexity index is 1030. The van der Waals surface area contributed by atoms with E-state index in [0.29, 0.717) is 0 Å². The molecule has 3 aromatic rings. The van der Waals surface area contributed by atoms with Crippen molar-refractivity contribution in [2.45, 2.75) is 77.6 Å². The van der Waals surface area contributed by atoms with Crippen LogP contribution in [0.2, 0.25) is 0 Å². The Kier molecular flexibility index (Phi) is 5.05. The standard InChI is InChI=1S/C30H34/c1-21-9-15-26-27-16-10-22(2)19-29(27)30(3,28(26)18-21)17-7-5-4-6-8-23-11-12-24-13-14-25(24)20-23/h9-12,15-16,18-20H,4-8,13-14,17H2,1-3H3. The highest BCUT2D eigenvalue weighted by Gasteiger charge is 2.38. The van der Waals surface area contributed by atoms with Crippen molar-refractivity contribution < 1.29 is 0 Å². The van der Waals surface area contributed by atoms with Gasteiger partial charge in [-0.05, 0) is 84.9 Å². The second-order valence-electron chi connectivity index (χ2n) is 9.95. The molecular weight excluding hydrogens is 360 g/mol. The summed E-state index contributed by atoms with van der Waals surface area (Å²) in [5, 5.41) is 0. The van der Waals surface area contributed by atoms with Gasteiger partial charge in [0.1, 0.15) is 0 Å². The van der Waals surface area contributed by atoms with Crippen LogP contribution in [-0.4, -0.2) is 0 Å². The molecule has 3 aromatic carbocycles. The molecule has 0 heterocycles. The molecule has 30 heavy (non-hydrogen) atoms. The average molecular weight is 395 g/mol. The van der Waals surface area contributed by atoms with Gasteiger partial charge in [0.25, 0.3) is 0 Å². The zero-order valence-corrected chi connectivity index (χ0v) is 18.9. The zero-order valence-electron chi connectivity index (χ0n) is 18.9. The van der Waals surface area contributed by atoms with Crippen molar-refractivity contribution in [1.29, 1.82) is 0 Å². The summed E-state index contributed by atoms with van der Waals surface area (Å²) in [6, 6.07) is 21.3. The maximum Gasteiger partial charge on any atom is 0.0187 e. The summed E-state index contributed by atoms with van der Waals surface area (Å²) in [7, 11) is 0. The van der Waals surface area contributed by atoms with Gasteiger partial charge in [0.15, 0.2) is 0 Å². The SMILES string of the molecule is Cc1ccc2c(c1)C(C)(CCCCCCc1ccc3c(c1)CC3)c1cc(C)ccc1-2. The predicted octanol–water partition coefficient (Wildman–Crippen LogP) is 7.88. The molecule has 0 radical (unpaired) electrons. The van der Waals surface area contributed by atoms with Crippen LogP contribution in [0.1, 0.15) is 78.0 Å². The Hall–Kier alpha value is -2.34. The van der Waals surface area contributed by atoms with Crippen LogP contribution in [0.4, 0.5) is 0 Å². The van der Waals surface area contributed by atoms with Crippen LogP contribution in [0.5, 0.6) is 0 Å². The summed E-state index contributed by atoms with van der Waals surface area (Å²) >= 11 is 0. The fourth-order valence-electron chi connectivity index (χ4n) is 5.68. The normalized spacial score (nSPS) is 15.3. The van der Waals surface area contributed by atoms with Crippen molar-refractivity contribution in [3.8, 4) is 11.1 Å². The van der Waals surface area contributed by atoms with Crippen molar-refractivity contribution in [3.05, 3.63) is 93.5 Å². The largest absolute Gasteiger partial charge is 0.0588 e. The Morgan fingerprint density at radius 3 is 1.90 bits per heavy atom. The van der Waals surface area contributed by atoms with Gasteiger partial charge in [-0.3, -0.25) is 0 Å². The lowest BCUT2D eigenvalue weighted by Gasteiger charge is -2.28. The average Bonchev–Trinajstić information content (AvgIpc) is 2.94. The molecule has 2 aliphatic carbocycles. The lowest BCUT2D eigenvalue weighted by atomic mass is 9.75. The van der Waals surface area contributed by atoms with Gasteiger partial charge >= 0.3 is 0 Å². The highest BCUT2D eigenvalue weighted by atomic mass is 14.4. The van der Waals surface area contributed by atoms with E-state index in [1.165, 1.54) is 73.6 Å². The molecule has 0 nitrogen and oxygen atoms in total. The summed E-state index contributed by atoms with van der Waals surface area (Å²) in [6.45, 7) is 6.94. The molecular formula is C30H34. The summed E-state index contributed by atoms with van der Waals surface area (Å²) in [5.74, 6) is 0. The Labute approximate surface area is 182 Å². The van der Waals surface area contributed by atoms with Crippen molar-refractivity contribution >= 4 is 0 Å². The van der Waals surface area contributed by atoms with E-state index in [-0.39, 0.29) is 5.41 Å². The third-order valence-electron chi connectivity index (χ3n) is 7.66. The molecule has 0 heteroatoms. The van der Waals surface area contributed by atoms with Crippen molar-refractivity contribution in [2.75, 3.05) is 0 Å². The lowest BCUT2D eigenvalue weighted by Crippen LogP contribution is -2.21. The minimum Gasteiger partial charge on any atom is -0.0588 e. The molecule has 154 valence electrons. The van der Waals surface area contributed by atoms with Crippen molar-refractivity contribution in [1.82, 2.24) is 0 Å². The van der Waals surface area contributed by atoms with Crippen LogP contribution >= 0.6 is 0 Å². The molecule has 0 aromatic heterocycles. The fraction of sp³-hybridized carbons (Fsp3) is 0.400. The molecule has 0 bridgehead atoms. The monoisotopic (exact) mass is 394 g/mol. The second kappa shape index (κ2) is 7.73. The number of hydrogen-bond acceptors (Lipinski definition) is 0. The van der Waals surface area contributed by atoms with Gasteiger partial charge in [-0.25, -0.2) is 0 Å². The molecule has 0 unspecified atom stereocenters. The van der Waals surface area contributed by atoms with Crippen LogP contribution in [0.15, 0.2) is 54.6 Å². The van der Waals surface area contributed by atoms with E-state index in [4.69, 9.17) is 0 Å². The van der Waals surface area contributed by atoms with Gasteiger partial charge in [-0.2, -0.15) is 0 Å². The summed E-state index contributed by atoms with van der Waals surface area (Å²) in [4.78, 5) is 0. The Morgan fingerprint density at radius 2 is 1.30 bits per heavy atom. The number of fused-ring (bicyclic) bond motifs is 4. The van der Waals surface area contributed by atoms with Crippen LogP contribution in [0.3, 0.4) is 0 Å². The third-order valence-corrected chi connectivity index (χ3v) is 7.66. The first-order chi connectivity index (χ1) is 14.5. The minimum absolute atomic E-state index is 0.157. The highest BCUT2D eigenvalue weighted by molar-refractivity contribution is 5.81. The fourth-order valence-corrected chi connectivity index (χ4v) is 5.68. The minimum atomic E-state index is 0.157. The first-order valence-corrected chi connectivity index (χ1v) is 11.9. The number of hydrogen-bond donors (Lipinski definition) is 0. The van der Waals surface area contributed by atoms with E-state index < -0.39 is 0 Å². The van der Waals surface area contributed by atoms with Gasteiger partial charge in [0, 0.05) is 5.41 Å². The topological polar surface area (TPSA) is 0 Å². The number of rotatable bonds is 7. The highest BCUT2D eigenvalue weighted by Crippen LogP contribution is 2.51. The van der Waals surface area contributed by atoms with Crippen LogP contribution in [0, 0.1) is 13.8 Å². The molecule has 0 saturated heterocycles. The summed E-state index contributed by atoms with van der Waals surface area (Å²) in [6.07, 6.45) is 10.4. The molecule has 5 rings (SSSR count). The molecule has 0 aliphatic heterocycles. The number of benzene rings is 3. The van der Waals surface area contributed by atoms with Gasteiger partial charge in [-0.15, -0.1) is 0 Å². The van der Waals surface area contributed by atoms with E-state index in [1.807, 2.05) is 0 Å². The smallest absolute Gasteiger partial charge is 0.0187 e. The number of unbranched alkanes of at least 4 members (excludes halogenated alkanes) is 3. The Balaban J connectivity index is 1.22. The van der Waals surface area contributed by atoms with Crippen LogP contribution in [-0.2, 0) is 24.7 Å². The Morgan fingerprint density at radius 1 is 0.667 bits per heavy atom. The molecule has 0 spiro atoms. The quantitative estimate of drug-likeness (QED) is 0.357. The maximum atomic E-state index is 2.48. The van der Waals surface area contributed by atoms with E-state index in [1.54, 1.807) is 27.8 Å². The van der Waals surface area contributed by atoms with Crippen molar-refractivity contribution in [3.63, 3.8) is 0 Å². The van der Waals surface area contributed by atoms with Crippen LogP contribution in [0.25, 0.3) is 11.1 Å². The molecule has 0 atom stereocenters. The first-order valence-electron chi connectivity index (χ1n) is 11.9. The predicted molar refractivity (Wildman–Crippen MR) is 128 cm³/mol. The maximum absolute atomic E-state index is 2.48. The molecule has 0 amide bonds. The summed E-state index contributed by atoms with van der Waals surface area (Å²) < 4.78 is 0. The van der Waals surface area contributed by atoms with Crippen LogP contribution < -0.4 is 0 Å².